The highest BCUT2D eigenvalue weighted by molar-refractivity contribution is 5.94. The van der Waals surface area contributed by atoms with Crippen LogP contribution in [0.15, 0.2) is 72.9 Å². The summed E-state index contributed by atoms with van der Waals surface area (Å²) >= 11 is 0. The molecule has 1 fully saturated rings. The Morgan fingerprint density at radius 2 is 0.776 bits per heavy atom. The second-order valence-corrected chi connectivity index (χ2v) is 21.7. The zero-order valence-electron chi connectivity index (χ0n) is 46.9. The third-order valence-electron chi connectivity index (χ3n) is 13.5. The van der Waals surface area contributed by atoms with Crippen LogP contribution in [0.1, 0.15) is 117 Å². The average Bonchev–Trinajstić information content (AvgIpc) is 3.82. The SMILES string of the molecule is CC(C)C[C@H]1C(=O)O[C@H](Cc2ccc(Cn3cccc3C#N)cc2)C(=O)N(C)[C@@H](CC(C)C)C(=O)O[C@H](C)C(=O)N(C)[C@@H](CC(C)C)C(=O)O[C@H](Cc2ccccc2)C(=O)N(C)[C@@H](CC(C)C)C(=O)O[C@H](C)C(=O)N1C. The molecule has 1 aliphatic rings. The van der Waals surface area contributed by atoms with Crippen molar-refractivity contribution in [2.24, 2.45) is 23.7 Å². The van der Waals surface area contributed by atoms with E-state index in [1.165, 1.54) is 42.0 Å². The van der Waals surface area contributed by atoms with E-state index in [1.807, 2.05) is 67.5 Å². The third kappa shape index (κ3) is 17.0. The molecule has 2 heterocycles. The predicted molar refractivity (Wildman–Crippen MR) is 283 cm³/mol. The van der Waals surface area contributed by atoms with E-state index in [0.29, 0.717) is 23.4 Å². The largest absolute Gasteiger partial charge is 0.451 e. The van der Waals surface area contributed by atoms with Crippen molar-refractivity contribution in [3.63, 3.8) is 0 Å². The zero-order chi connectivity index (χ0) is 56.7. The first-order chi connectivity index (χ1) is 35.7. The van der Waals surface area contributed by atoms with Crippen LogP contribution < -0.4 is 0 Å². The van der Waals surface area contributed by atoms with E-state index in [4.69, 9.17) is 18.9 Å². The van der Waals surface area contributed by atoms with Crippen molar-refractivity contribution < 1.29 is 57.3 Å². The second kappa shape index (κ2) is 28.2. The van der Waals surface area contributed by atoms with Gasteiger partial charge in [-0.3, -0.25) is 19.2 Å². The van der Waals surface area contributed by atoms with Crippen molar-refractivity contribution in [3.05, 3.63) is 95.3 Å². The van der Waals surface area contributed by atoms with Gasteiger partial charge in [-0.25, -0.2) is 19.2 Å². The molecule has 0 saturated carbocycles. The van der Waals surface area contributed by atoms with Gasteiger partial charge in [-0.2, -0.15) is 5.26 Å². The van der Waals surface area contributed by atoms with Gasteiger partial charge in [-0.05, 0) is 92.0 Å². The molecule has 414 valence electrons. The molecule has 1 saturated heterocycles. The number of aromatic nitrogens is 1. The van der Waals surface area contributed by atoms with Crippen molar-refractivity contribution in [2.75, 3.05) is 28.2 Å². The predicted octanol–water partition coefficient (Wildman–Crippen LogP) is 6.39. The molecule has 8 atom stereocenters. The topological polar surface area (TPSA) is 215 Å². The monoisotopic (exact) mass is 1050 g/mol. The quantitative estimate of drug-likeness (QED) is 0.127. The Hall–Kier alpha value is -7.03. The highest BCUT2D eigenvalue weighted by Crippen LogP contribution is 2.24. The standard InChI is InChI=1S/C58H80N6O12/c1-35(2)27-45-55(69)73-40(10)52(66)61(12)48(30-38(7)8)58(72)76-50(32-42-22-24-43(25-23-42)34-64-26-18-21-44(64)33-59)54(68)63(14)46(28-36(3)4)56(70)74-39(9)51(65)60(11)47(29-37(5)6)57(71)75-49(53(67)62(45)13)31-41-19-16-15-17-20-41/h15-26,35-40,45-50H,27-32,34H2,1-14H3/t39-,40-,45+,46+,47+,48+,49-,50-/m1/s1. The summed E-state index contributed by atoms with van der Waals surface area (Å²) in [6, 6.07) is 16.5. The number of hydrogen-bond acceptors (Lipinski definition) is 13. The number of carbonyl (C=O) groups excluding carboxylic acids is 8. The number of nitriles is 1. The Bertz CT molecular complexity index is 2500. The molecule has 0 unspecified atom stereocenters. The smallest absolute Gasteiger partial charge is 0.329 e. The van der Waals surface area contributed by atoms with E-state index < -0.39 is 96.1 Å². The van der Waals surface area contributed by atoms with Gasteiger partial charge >= 0.3 is 23.9 Å². The average molecular weight is 1050 g/mol. The molecule has 3 aromatic rings. The fourth-order valence-corrected chi connectivity index (χ4v) is 9.15. The maximum atomic E-state index is 14.9. The molecular formula is C58H80N6O12. The minimum absolute atomic E-state index is 0.0761. The Labute approximate surface area is 448 Å². The number of nitrogens with zero attached hydrogens (tertiary/aromatic N) is 6. The summed E-state index contributed by atoms with van der Waals surface area (Å²) in [5, 5.41) is 9.55. The van der Waals surface area contributed by atoms with Gasteiger partial charge in [-0.1, -0.05) is 110 Å². The Morgan fingerprint density at radius 3 is 1.13 bits per heavy atom. The van der Waals surface area contributed by atoms with Crippen molar-refractivity contribution >= 4 is 47.5 Å². The van der Waals surface area contributed by atoms with E-state index in [0.717, 1.165) is 25.2 Å². The maximum Gasteiger partial charge on any atom is 0.329 e. The van der Waals surface area contributed by atoms with E-state index in [2.05, 4.69) is 6.07 Å². The van der Waals surface area contributed by atoms with Gasteiger partial charge in [0.15, 0.2) is 24.4 Å². The summed E-state index contributed by atoms with van der Waals surface area (Å²) in [6.45, 7) is 17.9. The molecule has 76 heavy (non-hydrogen) atoms. The molecule has 0 radical (unpaired) electrons. The summed E-state index contributed by atoms with van der Waals surface area (Å²) in [5.41, 5.74) is 2.55. The lowest BCUT2D eigenvalue weighted by Gasteiger charge is -2.35. The van der Waals surface area contributed by atoms with Crippen molar-refractivity contribution in [1.29, 1.82) is 5.26 Å². The lowest BCUT2D eigenvalue weighted by atomic mass is 9.99. The summed E-state index contributed by atoms with van der Waals surface area (Å²) < 4.78 is 25.8. The van der Waals surface area contributed by atoms with Crippen molar-refractivity contribution in [2.45, 2.75) is 163 Å². The van der Waals surface area contributed by atoms with E-state index in [-0.39, 0.29) is 62.2 Å². The number of benzene rings is 2. The van der Waals surface area contributed by atoms with Gasteiger partial charge in [-0.15, -0.1) is 0 Å². The number of carbonyl (C=O) groups is 8. The van der Waals surface area contributed by atoms with Crippen LogP contribution in [-0.4, -0.2) is 148 Å². The van der Waals surface area contributed by atoms with Gasteiger partial charge in [0, 0.05) is 53.8 Å². The van der Waals surface area contributed by atoms with Gasteiger partial charge < -0.3 is 43.1 Å². The highest BCUT2D eigenvalue weighted by Gasteiger charge is 2.43. The summed E-state index contributed by atoms with van der Waals surface area (Å²) in [6.07, 6.45) is -4.12. The molecule has 1 aromatic heterocycles. The maximum absolute atomic E-state index is 14.9. The molecule has 4 amide bonds. The molecule has 0 bridgehead atoms. The molecule has 0 N–H and O–H groups in total. The van der Waals surface area contributed by atoms with Crippen LogP contribution in [0.25, 0.3) is 0 Å². The molecular weight excluding hydrogens is 973 g/mol. The minimum Gasteiger partial charge on any atom is -0.451 e. The molecule has 18 heteroatoms. The molecule has 4 rings (SSSR count). The van der Waals surface area contributed by atoms with Crippen LogP contribution in [0.5, 0.6) is 0 Å². The number of ether oxygens (including phenoxy) is 4. The van der Waals surface area contributed by atoms with E-state index in [9.17, 15) is 43.6 Å². The Balaban J connectivity index is 1.86. The number of amides is 4. The molecule has 0 spiro atoms. The highest BCUT2D eigenvalue weighted by atomic mass is 16.6. The van der Waals surface area contributed by atoms with Crippen LogP contribution in [0.4, 0.5) is 0 Å². The molecule has 0 aliphatic carbocycles. The molecule has 18 nitrogen and oxygen atoms in total. The fraction of sp³-hybridized carbons (Fsp3) is 0.569. The number of likely N-dealkylation sites (N-methyl/N-ethyl adjacent to an activating group) is 4. The van der Waals surface area contributed by atoms with Crippen LogP contribution in [0, 0.1) is 35.0 Å². The lowest BCUT2D eigenvalue weighted by Crippen LogP contribution is -2.55. The van der Waals surface area contributed by atoms with Crippen LogP contribution in [0.2, 0.25) is 0 Å². The van der Waals surface area contributed by atoms with E-state index in [1.54, 1.807) is 65.4 Å². The molecule has 2 aromatic carbocycles. The number of cyclic esters (lactones) is 4. The van der Waals surface area contributed by atoms with Crippen molar-refractivity contribution in [3.8, 4) is 6.07 Å². The van der Waals surface area contributed by atoms with E-state index >= 15 is 0 Å². The minimum atomic E-state index is -1.55. The summed E-state index contributed by atoms with van der Waals surface area (Å²) in [7, 11) is 5.53. The fourth-order valence-electron chi connectivity index (χ4n) is 9.15. The van der Waals surface area contributed by atoms with Gasteiger partial charge in [0.2, 0.25) is 0 Å². The Morgan fingerprint density at radius 1 is 0.447 bits per heavy atom. The summed E-state index contributed by atoms with van der Waals surface area (Å²) in [5.74, 6) is -7.43. The van der Waals surface area contributed by atoms with Gasteiger partial charge in [0.1, 0.15) is 35.9 Å². The van der Waals surface area contributed by atoms with Gasteiger partial charge in [0.25, 0.3) is 23.6 Å². The molecule has 1 aliphatic heterocycles. The first-order valence-electron chi connectivity index (χ1n) is 26.3. The lowest BCUT2D eigenvalue weighted by molar-refractivity contribution is -0.176. The van der Waals surface area contributed by atoms with Crippen LogP contribution >= 0.6 is 0 Å². The normalized spacial score (nSPS) is 23.7. The zero-order valence-corrected chi connectivity index (χ0v) is 46.9. The van der Waals surface area contributed by atoms with Crippen LogP contribution in [-0.2, 0) is 76.7 Å². The first-order valence-corrected chi connectivity index (χ1v) is 26.3. The Kier molecular flexibility index (Phi) is 22.8. The second-order valence-electron chi connectivity index (χ2n) is 21.7. The van der Waals surface area contributed by atoms with Gasteiger partial charge in [0.05, 0.1) is 0 Å². The van der Waals surface area contributed by atoms with Crippen LogP contribution in [0.3, 0.4) is 0 Å². The number of rotatable bonds is 14. The summed E-state index contributed by atoms with van der Waals surface area (Å²) in [4.78, 5) is 121. The first kappa shape index (κ1) is 61.5. The number of hydrogen-bond donors (Lipinski definition) is 0. The number of esters is 4. The third-order valence-corrected chi connectivity index (χ3v) is 13.5. The van der Waals surface area contributed by atoms with Crippen molar-refractivity contribution in [1.82, 2.24) is 24.2 Å².